The second kappa shape index (κ2) is 7.53. The number of ether oxygens (including phenoxy) is 2. The highest BCUT2D eigenvalue weighted by Crippen LogP contribution is 2.29. The first kappa shape index (κ1) is 17.1. The largest absolute Gasteiger partial charge is 0.493 e. The normalized spacial score (nSPS) is 13.9. The van der Waals surface area contributed by atoms with E-state index in [0.717, 1.165) is 5.56 Å². The number of methoxy groups -OCH3 is 1. The van der Waals surface area contributed by atoms with Crippen molar-refractivity contribution in [3.8, 4) is 11.5 Å². The number of nitrogens with zero attached hydrogens (tertiary/aromatic N) is 3. The molecule has 1 aliphatic rings. The zero-order valence-electron chi connectivity index (χ0n) is 15.1. The molecule has 1 aliphatic heterocycles. The lowest BCUT2D eigenvalue weighted by Gasteiger charge is -2.38. The maximum absolute atomic E-state index is 12.6. The number of hydrogen-bond donors (Lipinski definition) is 0. The maximum atomic E-state index is 12.6. The maximum Gasteiger partial charge on any atom is 0.257 e. The van der Waals surface area contributed by atoms with Gasteiger partial charge in [-0.1, -0.05) is 42.5 Å². The summed E-state index contributed by atoms with van der Waals surface area (Å²) in [6.07, 6.45) is 3.40. The van der Waals surface area contributed by atoms with Crippen LogP contribution in [0.2, 0.25) is 0 Å². The van der Waals surface area contributed by atoms with Crippen LogP contribution in [0.4, 0.5) is 0 Å². The van der Waals surface area contributed by atoms with Gasteiger partial charge in [0.15, 0.2) is 11.5 Å². The molecule has 6 heteroatoms. The van der Waals surface area contributed by atoms with Gasteiger partial charge >= 0.3 is 0 Å². The molecule has 138 valence electrons. The standard InChI is InChI=1S/C21H21N3O3/c1-26-19-9-5-6-10-20(19)27-18-14-23(15-18)21(25)17-11-22-24(13-17)12-16-7-3-2-4-8-16/h2-11,13,18H,12,14-15H2,1H3. The molecule has 1 aromatic heterocycles. The van der Waals surface area contributed by atoms with Gasteiger partial charge in [0.05, 0.1) is 38.5 Å². The second-order valence-corrected chi connectivity index (χ2v) is 6.51. The summed E-state index contributed by atoms with van der Waals surface area (Å²) in [6, 6.07) is 17.6. The van der Waals surface area contributed by atoms with Crippen LogP contribution in [0.5, 0.6) is 11.5 Å². The summed E-state index contributed by atoms with van der Waals surface area (Å²) in [6.45, 7) is 1.76. The molecule has 2 aromatic carbocycles. The van der Waals surface area contributed by atoms with Gasteiger partial charge in [-0.05, 0) is 17.7 Å². The van der Waals surface area contributed by atoms with Gasteiger partial charge in [0.1, 0.15) is 6.10 Å². The smallest absolute Gasteiger partial charge is 0.257 e. The third-order valence-corrected chi connectivity index (χ3v) is 4.57. The molecule has 0 aliphatic carbocycles. The van der Waals surface area contributed by atoms with Crippen molar-refractivity contribution in [2.24, 2.45) is 0 Å². The van der Waals surface area contributed by atoms with Crippen LogP contribution < -0.4 is 9.47 Å². The minimum atomic E-state index is -0.0235. The number of amides is 1. The molecule has 0 unspecified atom stereocenters. The summed E-state index contributed by atoms with van der Waals surface area (Å²) in [4.78, 5) is 14.4. The third kappa shape index (κ3) is 3.79. The van der Waals surface area contributed by atoms with Gasteiger partial charge in [0.25, 0.3) is 5.91 Å². The Morgan fingerprint density at radius 2 is 1.78 bits per heavy atom. The number of likely N-dealkylation sites (tertiary alicyclic amines) is 1. The number of rotatable bonds is 6. The van der Waals surface area contributed by atoms with Crippen LogP contribution in [0.1, 0.15) is 15.9 Å². The average Bonchev–Trinajstić information content (AvgIpc) is 3.13. The minimum absolute atomic E-state index is 0.0193. The third-order valence-electron chi connectivity index (χ3n) is 4.57. The molecule has 27 heavy (non-hydrogen) atoms. The van der Waals surface area contributed by atoms with E-state index < -0.39 is 0 Å². The van der Waals surface area contributed by atoms with Crippen molar-refractivity contribution in [3.05, 3.63) is 78.1 Å². The van der Waals surface area contributed by atoms with Crippen LogP contribution in [-0.4, -0.2) is 46.9 Å². The van der Waals surface area contributed by atoms with E-state index in [2.05, 4.69) is 5.10 Å². The van der Waals surface area contributed by atoms with Crippen LogP contribution in [0.3, 0.4) is 0 Å². The molecule has 2 heterocycles. The molecule has 0 N–H and O–H groups in total. The van der Waals surface area contributed by atoms with Crippen molar-refractivity contribution >= 4 is 5.91 Å². The second-order valence-electron chi connectivity index (χ2n) is 6.51. The zero-order valence-corrected chi connectivity index (χ0v) is 15.1. The molecule has 6 nitrogen and oxygen atoms in total. The quantitative estimate of drug-likeness (QED) is 0.676. The van der Waals surface area contributed by atoms with Crippen LogP contribution in [0, 0.1) is 0 Å². The number of hydrogen-bond acceptors (Lipinski definition) is 4. The summed E-state index contributed by atoms with van der Waals surface area (Å²) in [5, 5.41) is 4.30. The van der Waals surface area contributed by atoms with Crippen LogP contribution in [-0.2, 0) is 6.54 Å². The summed E-state index contributed by atoms with van der Waals surface area (Å²) in [5.41, 5.74) is 1.75. The van der Waals surface area contributed by atoms with E-state index in [4.69, 9.17) is 9.47 Å². The Balaban J connectivity index is 1.33. The highest BCUT2D eigenvalue weighted by atomic mass is 16.5. The highest BCUT2D eigenvalue weighted by Gasteiger charge is 2.33. The molecule has 4 rings (SSSR count). The number of para-hydroxylation sites is 2. The highest BCUT2D eigenvalue weighted by molar-refractivity contribution is 5.94. The summed E-state index contributed by atoms with van der Waals surface area (Å²) in [7, 11) is 1.62. The lowest BCUT2D eigenvalue weighted by atomic mass is 10.1. The molecule has 0 bridgehead atoms. The molecule has 1 saturated heterocycles. The fourth-order valence-electron chi connectivity index (χ4n) is 3.09. The molecule has 1 amide bonds. The van der Waals surface area contributed by atoms with Crippen molar-refractivity contribution < 1.29 is 14.3 Å². The topological polar surface area (TPSA) is 56.6 Å². The average molecular weight is 363 g/mol. The van der Waals surface area contributed by atoms with E-state index in [9.17, 15) is 4.79 Å². The Morgan fingerprint density at radius 3 is 2.52 bits per heavy atom. The Morgan fingerprint density at radius 1 is 1.07 bits per heavy atom. The van der Waals surface area contributed by atoms with Crippen molar-refractivity contribution in [1.82, 2.24) is 14.7 Å². The van der Waals surface area contributed by atoms with Gasteiger partial charge in [-0.2, -0.15) is 5.10 Å². The Hall–Kier alpha value is -3.28. The summed E-state index contributed by atoms with van der Waals surface area (Å²) < 4.78 is 13.0. The SMILES string of the molecule is COc1ccccc1OC1CN(C(=O)c2cnn(Cc3ccccc3)c2)C1. The molecule has 3 aromatic rings. The van der Waals surface area contributed by atoms with Gasteiger partial charge in [-0.25, -0.2) is 0 Å². The molecule has 0 atom stereocenters. The first-order chi connectivity index (χ1) is 13.2. The fourth-order valence-corrected chi connectivity index (χ4v) is 3.09. The van der Waals surface area contributed by atoms with E-state index in [1.165, 1.54) is 0 Å². The van der Waals surface area contributed by atoms with Gasteiger partial charge in [0.2, 0.25) is 0 Å². The van der Waals surface area contributed by atoms with E-state index in [1.54, 1.807) is 29.1 Å². The van der Waals surface area contributed by atoms with E-state index >= 15 is 0 Å². The summed E-state index contributed by atoms with van der Waals surface area (Å²) in [5.74, 6) is 1.38. The first-order valence-electron chi connectivity index (χ1n) is 8.88. The first-order valence-corrected chi connectivity index (χ1v) is 8.88. The molecule has 0 radical (unpaired) electrons. The fraction of sp³-hybridized carbons (Fsp3) is 0.238. The lowest BCUT2D eigenvalue weighted by molar-refractivity contribution is 0.0169. The number of benzene rings is 2. The molecule has 0 saturated carbocycles. The predicted molar refractivity (Wildman–Crippen MR) is 101 cm³/mol. The van der Waals surface area contributed by atoms with Crippen molar-refractivity contribution in [2.45, 2.75) is 12.6 Å². The Labute approximate surface area is 157 Å². The van der Waals surface area contributed by atoms with Crippen LogP contribution >= 0.6 is 0 Å². The molecular weight excluding hydrogens is 342 g/mol. The van der Waals surface area contributed by atoms with Crippen molar-refractivity contribution in [3.63, 3.8) is 0 Å². The molecular formula is C21H21N3O3. The molecule has 0 spiro atoms. The minimum Gasteiger partial charge on any atom is -0.493 e. The Bertz CT molecular complexity index is 917. The monoisotopic (exact) mass is 363 g/mol. The van der Waals surface area contributed by atoms with Crippen LogP contribution in [0.15, 0.2) is 67.0 Å². The number of carbonyl (C=O) groups is 1. The Kier molecular flexibility index (Phi) is 4.78. The zero-order chi connectivity index (χ0) is 18.6. The van der Waals surface area contributed by atoms with Gasteiger partial charge in [0, 0.05) is 6.20 Å². The van der Waals surface area contributed by atoms with E-state index in [0.29, 0.717) is 36.7 Å². The number of aromatic nitrogens is 2. The summed E-state index contributed by atoms with van der Waals surface area (Å²) >= 11 is 0. The van der Waals surface area contributed by atoms with E-state index in [-0.39, 0.29) is 12.0 Å². The lowest BCUT2D eigenvalue weighted by Crippen LogP contribution is -2.56. The van der Waals surface area contributed by atoms with Crippen LogP contribution in [0.25, 0.3) is 0 Å². The van der Waals surface area contributed by atoms with Gasteiger partial charge in [-0.3, -0.25) is 9.48 Å². The van der Waals surface area contributed by atoms with Crippen molar-refractivity contribution in [1.29, 1.82) is 0 Å². The predicted octanol–water partition coefficient (Wildman–Crippen LogP) is 2.84. The molecule has 1 fully saturated rings. The number of carbonyl (C=O) groups excluding carboxylic acids is 1. The van der Waals surface area contributed by atoms with Crippen molar-refractivity contribution in [2.75, 3.05) is 20.2 Å². The van der Waals surface area contributed by atoms with Gasteiger partial charge in [-0.15, -0.1) is 0 Å². The van der Waals surface area contributed by atoms with Gasteiger partial charge < -0.3 is 14.4 Å². The van der Waals surface area contributed by atoms with E-state index in [1.807, 2.05) is 54.6 Å².